The van der Waals surface area contributed by atoms with E-state index in [1.165, 1.54) is 7.11 Å². The van der Waals surface area contributed by atoms with E-state index >= 15 is 0 Å². The summed E-state index contributed by atoms with van der Waals surface area (Å²) in [5.41, 5.74) is -0.318. The molecular weight excluding hydrogens is 238 g/mol. The molecule has 0 saturated heterocycles. The fraction of sp³-hybridized carbons (Fsp3) is 0.500. The van der Waals surface area contributed by atoms with Crippen molar-refractivity contribution < 1.29 is 18.3 Å². The van der Waals surface area contributed by atoms with Gasteiger partial charge in [-0.3, -0.25) is 4.79 Å². The number of carbonyl (C=O) groups excluding carboxylic acids is 1. The lowest BCUT2D eigenvalue weighted by Crippen LogP contribution is -2.37. The van der Waals surface area contributed by atoms with Crippen LogP contribution >= 0.6 is 0 Å². The highest BCUT2D eigenvalue weighted by Gasteiger charge is 2.31. The molecule has 0 fully saturated rings. The maximum absolute atomic E-state index is 13.4. The Labute approximate surface area is 106 Å². The molecule has 0 aliphatic carbocycles. The van der Waals surface area contributed by atoms with E-state index in [1.807, 2.05) is 20.8 Å². The summed E-state index contributed by atoms with van der Waals surface area (Å²) in [7, 11) is 1.44. The zero-order valence-electron chi connectivity index (χ0n) is 11.1. The Kier molecular flexibility index (Phi) is 4.57. The zero-order chi connectivity index (χ0) is 13.9. The summed E-state index contributed by atoms with van der Waals surface area (Å²) in [6, 6.07) is 3.10. The maximum Gasteiger partial charge on any atom is 0.166 e. The number of rotatable bonds is 4. The number of ether oxygens (including phenoxy) is 1. The molecule has 0 aliphatic rings. The van der Waals surface area contributed by atoms with Gasteiger partial charge in [-0.25, -0.2) is 8.78 Å². The van der Waals surface area contributed by atoms with Crippen molar-refractivity contribution in [3.05, 3.63) is 35.4 Å². The largest absolute Gasteiger partial charge is 0.373 e. The van der Waals surface area contributed by atoms with Crippen molar-refractivity contribution in [2.24, 2.45) is 5.41 Å². The Hall–Kier alpha value is -1.29. The van der Waals surface area contributed by atoms with Crippen molar-refractivity contribution in [1.82, 2.24) is 0 Å². The SMILES string of the molecule is COC(C(=O)Cc1cc(F)ccc1F)C(C)(C)C. The van der Waals surface area contributed by atoms with Crippen LogP contribution in [-0.2, 0) is 16.0 Å². The minimum Gasteiger partial charge on any atom is -0.373 e. The molecule has 4 heteroatoms. The average molecular weight is 256 g/mol. The molecule has 1 aromatic rings. The van der Waals surface area contributed by atoms with Crippen molar-refractivity contribution in [3.63, 3.8) is 0 Å². The second kappa shape index (κ2) is 5.57. The molecule has 0 N–H and O–H groups in total. The molecule has 1 atom stereocenters. The molecule has 0 bridgehead atoms. The van der Waals surface area contributed by atoms with Gasteiger partial charge >= 0.3 is 0 Å². The van der Waals surface area contributed by atoms with Crippen LogP contribution in [-0.4, -0.2) is 19.0 Å². The van der Waals surface area contributed by atoms with E-state index in [0.717, 1.165) is 18.2 Å². The Morgan fingerprint density at radius 2 is 1.94 bits per heavy atom. The summed E-state index contributed by atoms with van der Waals surface area (Å²) in [5.74, 6) is -1.38. The van der Waals surface area contributed by atoms with Crippen LogP contribution in [0, 0.1) is 17.0 Å². The summed E-state index contributed by atoms with van der Waals surface area (Å²) in [4.78, 5) is 12.0. The van der Waals surface area contributed by atoms with Crippen molar-refractivity contribution in [1.29, 1.82) is 0 Å². The molecular formula is C14H18F2O2. The molecule has 100 valence electrons. The number of methoxy groups -OCH3 is 1. The van der Waals surface area contributed by atoms with Gasteiger partial charge in [-0.2, -0.15) is 0 Å². The highest BCUT2D eigenvalue weighted by atomic mass is 19.1. The van der Waals surface area contributed by atoms with Crippen LogP contribution < -0.4 is 0 Å². The molecule has 1 unspecified atom stereocenters. The predicted molar refractivity (Wildman–Crippen MR) is 65.3 cm³/mol. The Balaban J connectivity index is 2.90. The fourth-order valence-electron chi connectivity index (χ4n) is 1.93. The molecule has 0 aliphatic heterocycles. The standard InChI is InChI=1S/C14H18F2O2/c1-14(2,3)13(18-4)12(17)8-9-7-10(15)5-6-11(9)16/h5-7,13H,8H2,1-4H3. The summed E-state index contributed by atoms with van der Waals surface area (Å²) in [6.07, 6.45) is -0.806. The molecule has 1 aromatic carbocycles. The summed E-state index contributed by atoms with van der Waals surface area (Å²) >= 11 is 0. The van der Waals surface area contributed by atoms with Crippen LogP contribution in [0.5, 0.6) is 0 Å². The molecule has 0 spiro atoms. The van der Waals surface area contributed by atoms with E-state index in [1.54, 1.807) is 0 Å². The first-order valence-corrected chi connectivity index (χ1v) is 5.75. The number of hydrogen-bond donors (Lipinski definition) is 0. The third-order valence-electron chi connectivity index (χ3n) is 2.69. The van der Waals surface area contributed by atoms with E-state index in [9.17, 15) is 13.6 Å². The Morgan fingerprint density at radius 1 is 1.33 bits per heavy atom. The number of hydrogen-bond acceptors (Lipinski definition) is 2. The minimum atomic E-state index is -0.639. The molecule has 0 aromatic heterocycles. The van der Waals surface area contributed by atoms with Gasteiger partial charge in [0.05, 0.1) is 0 Å². The summed E-state index contributed by atoms with van der Waals surface area (Å²) in [5, 5.41) is 0. The predicted octanol–water partition coefficient (Wildman–Crippen LogP) is 3.14. The van der Waals surface area contributed by atoms with E-state index in [0.29, 0.717) is 0 Å². The molecule has 0 amide bonds. The molecule has 18 heavy (non-hydrogen) atoms. The Morgan fingerprint density at radius 3 is 2.44 bits per heavy atom. The Bertz CT molecular complexity index is 436. The van der Waals surface area contributed by atoms with Crippen LogP contribution in [0.2, 0.25) is 0 Å². The van der Waals surface area contributed by atoms with Gasteiger partial charge in [0.2, 0.25) is 0 Å². The fourth-order valence-corrected chi connectivity index (χ4v) is 1.93. The first-order valence-electron chi connectivity index (χ1n) is 5.75. The third kappa shape index (κ3) is 3.60. The zero-order valence-corrected chi connectivity index (χ0v) is 11.1. The van der Waals surface area contributed by atoms with Gasteiger partial charge in [-0.15, -0.1) is 0 Å². The lowest BCUT2D eigenvalue weighted by Gasteiger charge is -2.28. The van der Waals surface area contributed by atoms with Crippen molar-refractivity contribution in [2.75, 3.05) is 7.11 Å². The lowest BCUT2D eigenvalue weighted by molar-refractivity contribution is -0.134. The van der Waals surface area contributed by atoms with E-state index in [-0.39, 0.29) is 23.2 Å². The number of carbonyl (C=O) groups is 1. The summed E-state index contributed by atoms with van der Waals surface area (Å²) < 4.78 is 31.6. The van der Waals surface area contributed by atoms with Crippen molar-refractivity contribution in [2.45, 2.75) is 33.3 Å². The van der Waals surface area contributed by atoms with Crippen LogP contribution in [0.25, 0.3) is 0 Å². The highest BCUT2D eigenvalue weighted by molar-refractivity contribution is 5.86. The first kappa shape index (κ1) is 14.8. The van der Waals surface area contributed by atoms with Crippen LogP contribution in [0.4, 0.5) is 8.78 Å². The second-order valence-electron chi connectivity index (χ2n) is 5.36. The number of ketones is 1. The quantitative estimate of drug-likeness (QED) is 0.827. The number of halogens is 2. The highest BCUT2D eigenvalue weighted by Crippen LogP contribution is 2.24. The minimum absolute atomic E-state index is 0.0614. The average Bonchev–Trinajstić information content (AvgIpc) is 2.22. The van der Waals surface area contributed by atoms with Crippen LogP contribution in [0.1, 0.15) is 26.3 Å². The van der Waals surface area contributed by atoms with Crippen LogP contribution in [0.3, 0.4) is 0 Å². The summed E-state index contributed by atoms with van der Waals surface area (Å²) in [6.45, 7) is 5.59. The van der Waals surface area contributed by atoms with Gasteiger partial charge in [0.1, 0.15) is 17.7 Å². The first-order chi connectivity index (χ1) is 8.25. The van der Waals surface area contributed by atoms with Gasteiger partial charge < -0.3 is 4.74 Å². The molecule has 0 radical (unpaired) electrons. The van der Waals surface area contributed by atoms with Gasteiger partial charge in [0, 0.05) is 13.5 Å². The smallest absolute Gasteiger partial charge is 0.166 e. The third-order valence-corrected chi connectivity index (χ3v) is 2.69. The van der Waals surface area contributed by atoms with Crippen molar-refractivity contribution >= 4 is 5.78 Å². The van der Waals surface area contributed by atoms with Gasteiger partial charge in [-0.1, -0.05) is 20.8 Å². The van der Waals surface area contributed by atoms with E-state index in [2.05, 4.69) is 0 Å². The number of Topliss-reactive ketones (excluding diaryl/α,β-unsaturated/α-hetero) is 1. The van der Waals surface area contributed by atoms with Gasteiger partial charge in [0.15, 0.2) is 5.78 Å². The molecule has 2 nitrogen and oxygen atoms in total. The van der Waals surface area contributed by atoms with E-state index < -0.39 is 17.7 Å². The molecule has 0 saturated carbocycles. The monoisotopic (exact) mass is 256 g/mol. The van der Waals surface area contributed by atoms with Gasteiger partial charge in [-0.05, 0) is 29.2 Å². The number of benzene rings is 1. The normalized spacial score (nSPS) is 13.4. The lowest BCUT2D eigenvalue weighted by atomic mass is 9.84. The topological polar surface area (TPSA) is 26.3 Å². The second-order valence-corrected chi connectivity index (χ2v) is 5.36. The van der Waals surface area contributed by atoms with E-state index in [4.69, 9.17) is 4.74 Å². The van der Waals surface area contributed by atoms with Gasteiger partial charge in [0.25, 0.3) is 0 Å². The van der Waals surface area contributed by atoms with Crippen molar-refractivity contribution in [3.8, 4) is 0 Å². The molecule has 1 rings (SSSR count). The maximum atomic E-state index is 13.4. The molecule has 0 heterocycles. The van der Waals surface area contributed by atoms with Crippen LogP contribution in [0.15, 0.2) is 18.2 Å².